The van der Waals surface area contributed by atoms with Gasteiger partial charge in [0.05, 0.1) is 16.9 Å². The molecule has 0 bridgehead atoms. The Morgan fingerprint density at radius 2 is 1.74 bits per heavy atom. The number of anilines is 1. The van der Waals surface area contributed by atoms with E-state index < -0.39 is 11.8 Å². The first-order chi connectivity index (χ1) is 11.0. The Balaban J connectivity index is 1.62. The van der Waals surface area contributed by atoms with Crippen molar-refractivity contribution in [3.05, 3.63) is 58.6 Å². The van der Waals surface area contributed by atoms with Crippen LogP contribution in [-0.2, 0) is 4.79 Å². The molecule has 0 spiro atoms. The second-order valence-electron chi connectivity index (χ2n) is 4.83. The number of nitrogens with one attached hydrogen (secondary N) is 2. The smallest absolute Gasteiger partial charge is 0.259 e. The summed E-state index contributed by atoms with van der Waals surface area (Å²) in [5.74, 6) is -0.837. The number of carbonyl (C=O) groups excluding carboxylic acids is 3. The quantitative estimate of drug-likeness (QED) is 0.659. The largest absolute Gasteiger partial charge is 0.325 e. The van der Waals surface area contributed by atoms with Gasteiger partial charge in [0.25, 0.3) is 11.8 Å². The number of thioether (sulfide) groups is 1. The molecule has 2 aromatic rings. The van der Waals surface area contributed by atoms with Crippen molar-refractivity contribution in [2.75, 3.05) is 11.1 Å². The molecule has 1 aliphatic heterocycles. The minimum atomic E-state index is -0.448. The Kier molecular flexibility index (Phi) is 4.36. The fourth-order valence-corrected chi connectivity index (χ4v) is 2.95. The average molecular weight is 347 g/mol. The van der Waals surface area contributed by atoms with Gasteiger partial charge in [0.2, 0.25) is 5.91 Å². The first-order valence-electron chi connectivity index (χ1n) is 6.71. The highest BCUT2D eigenvalue weighted by Gasteiger charge is 2.26. The molecule has 0 saturated carbocycles. The van der Waals surface area contributed by atoms with E-state index in [-0.39, 0.29) is 17.2 Å². The van der Waals surface area contributed by atoms with Crippen molar-refractivity contribution >= 4 is 46.8 Å². The zero-order valence-corrected chi connectivity index (χ0v) is 13.3. The molecule has 3 amide bonds. The summed E-state index contributed by atoms with van der Waals surface area (Å²) < 4.78 is 0. The second kappa shape index (κ2) is 6.44. The number of halogens is 1. The molecule has 116 valence electrons. The summed E-state index contributed by atoms with van der Waals surface area (Å²) in [5.41, 5.74) is 1.08. The normalized spacial score (nSPS) is 12.7. The van der Waals surface area contributed by atoms with E-state index >= 15 is 0 Å². The average Bonchev–Trinajstić information content (AvgIpc) is 2.81. The lowest BCUT2D eigenvalue weighted by atomic mass is 10.1. The van der Waals surface area contributed by atoms with Crippen LogP contribution in [0, 0.1) is 0 Å². The Labute approximate surface area is 141 Å². The Morgan fingerprint density at radius 1 is 1.04 bits per heavy atom. The maximum Gasteiger partial charge on any atom is 0.259 e. The van der Waals surface area contributed by atoms with E-state index in [9.17, 15) is 14.4 Å². The monoisotopic (exact) mass is 346 g/mol. The van der Waals surface area contributed by atoms with Crippen molar-refractivity contribution in [1.82, 2.24) is 5.32 Å². The van der Waals surface area contributed by atoms with Crippen molar-refractivity contribution in [3.63, 3.8) is 0 Å². The van der Waals surface area contributed by atoms with E-state index in [4.69, 9.17) is 11.6 Å². The molecule has 2 N–H and O–H groups in total. The van der Waals surface area contributed by atoms with E-state index in [1.165, 1.54) is 23.9 Å². The van der Waals surface area contributed by atoms with E-state index in [0.29, 0.717) is 16.3 Å². The molecule has 1 heterocycles. The number of benzene rings is 2. The topological polar surface area (TPSA) is 75.3 Å². The van der Waals surface area contributed by atoms with Gasteiger partial charge in [-0.15, -0.1) is 11.8 Å². The third-order valence-corrected chi connectivity index (χ3v) is 4.47. The molecule has 0 aromatic heterocycles. The number of amides is 3. The van der Waals surface area contributed by atoms with Crippen LogP contribution in [0.3, 0.4) is 0 Å². The summed E-state index contributed by atoms with van der Waals surface area (Å²) in [6, 6.07) is 11.8. The number of hydrogen-bond acceptors (Lipinski definition) is 4. The molecular weight excluding hydrogens is 336 g/mol. The maximum atomic E-state index is 12.0. The predicted octanol–water partition coefficient (Wildman–Crippen LogP) is 2.95. The Bertz CT molecular complexity index is 805. The summed E-state index contributed by atoms with van der Waals surface area (Å²) in [5, 5.41) is 5.56. The van der Waals surface area contributed by atoms with Crippen LogP contribution in [-0.4, -0.2) is 23.5 Å². The first-order valence-corrected chi connectivity index (χ1v) is 8.07. The highest BCUT2D eigenvalue weighted by Crippen LogP contribution is 2.22. The van der Waals surface area contributed by atoms with E-state index in [2.05, 4.69) is 10.6 Å². The molecule has 0 radical (unpaired) electrons. The van der Waals surface area contributed by atoms with Crippen LogP contribution in [0.2, 0.25) is 5.02 Å². The Morgan fingerprint density at radius 3 is 2.48 bits per heavy atom. The van der Waals surface area contributed by atoms with Gasteiger partial charge in [0.15, 0.2) is 0 Å². The van der Waals surface area contributed by atoms with Gasteiger partial charge < -0.3 is 5.32 Å². The lowest BCUT2D eigenvalue weighted by molar-refractivity contribution is -0.113. The van der Waals surface area contributed by atoms with Gasteiger partial charge in [-0.2, -0.15) is 0 Å². The Hall–Kier alpha value is -2.31. The van der Waals surface area contributed by atoms with E-state index in [1.54, 1.807) is 18.2 Å². The van der Waals surface area contributed by atoms with Crippen molar-refractivity contribution in [1.29, 1.82) is 0 Å². The molecule has 3 rings (SSSR count). The zero-order chi connectivity index (χ0) is 16.4. The summed E-state index contributed by atoms with van der Waals surface area (Å²) in [6.45, 7) is 0. The van der Waals surface area contributed by atoms with E-state index in [0.717, 1.165) is 4.90 Å². The van der Waals surface area contributed by atoms with Gasteiger partial charge in [-0.3, -0.25) is 19.7 Å². The predicted molar refractivity (Wildman–Crippen MR) is 89.0 cm³/mol. The van der Waals surface area contributed by atoms with Crippen molar-refractivity contribution in [3.8, 4) is 0 Å². The van der Waals surface area contributed by atoms with Gasteiger partial charge in [-0.1, -0.05) is 11.6 Å². The molecule has 7 heteroatoms. The van der Waals surface area contributed by atoms with Gasteiger partial charge >= 0.3 is 0 Å². The lowest BCUT2D eigenvalue weighted by Crippen LogP contribution is -2.19. The number of fused-ring (bicyclic) bond motifs is 1. The van der Waals surface area contributed by atoms with Crippen LogP contribution < -0.4 is 10.6 Å². The summed E-state index contributed by atoms with van der Waals surface area (Å²) >= 11 is 7.18. The van der Waals surface area contributed by atoms with Gasteiger partial charge in [-0.05, 0) is 42.5 Å². The fraction of sp³-hybridized carbons (Fsp3) is 0.0625. The van der Waals surface area contributed by atoms with Crippen molar-refractivity contribution in [2.45, 2.75) is 4.90 Å². The SMILES string of the molecule is O=C(CSc1ccc(Cl)cc1)Nc1ccc2c(c1)C(=O)NC2=O. The molecule has 0 unspecified atom stereocenters. The fourth-order valence-electron chi connectivity index (χ4n) is 2.12. The van der Waals surface area contributed by atoms with Crippen molar-refractivity contribution in [2.24, 2.45) is 0 Å². The summed E-state index contributed by atoms with van der Waals surface area (Å²) in [6.07, 6.45) is 0. The molecule has 0 aliphatic carbocycles. The van der Waals surface area contributed by atoms with Crippen LogP contribution >= 0.6 is 23.4 Å². The molecule has 5 nitrogen and oxygen atoms in total. The highest BCUT2D eigenvalue weighted by molar-refractivity contribution is 8.00. The maximum absolute atomic E-state index is 12.0. The molecule has 0 fully saturated rings. The molecular formula is C16H11ClN2O3S. The molecule has 0 atom stereocenters. The van der Waals surface area contributed by atoms with Gasteiger partial charge in [0.1, 0.15) is 0 Å². The van der Waals surface area contributed by atoms with Crippen LogP contribution in [0.5, 0.6) is 0 Å². The third kappa shape index (κ3) is 3.55. The number of carbonyl (C=O) groups is 3. The molecule has 23 heavy (non-hydrogen) atoms. The van der Waals surface area contributed by atoms with Crippen LogP contribution in [0.1, 0.15) is 20.7 Å². The highest BCUT2D eigenvalue weighted by atomic mass is 35.5. The first kappa shape index (κ1) is 15.6. The van der Waals surface area contributed by atoms with E-state index in [1.807, 2.05) is 12.1 Å². The number of imide groups is 1. The molecule has 0 saturated heterocycles. The van der Waals surface area contributed by atoms with Gasteiger partial charge in [-0.25, -0.2) is 0 Å². The van der Waals surface area contributed by atoms with Crippen LogP contribution in [0.4, 0.5) is 5.69 Å². The van der Waals surface area contributed by atoms with Crippen LogP contribution in [0.25, 0.3) is 0 Å². The molecule has 1 aliphatic rings. The van der Waals surface area contributed by atoms with Crippen LogP contribution in [0.15, 0.2) is 47.4 Å². The molecule has 2 aromatic carbocycles. The number of hydrogen-bond donors (Lipinski definition) is 2. The second-order valence-corrected chi connectivity index (χ2v) is 6.32. The lowest BCUT2D eigenvalue weighted by Gasteiger charge is -2.06. The van der Waals surface area contributed by atoms with Crippen molar-refractivity contribution < 1.29 is 14.4 Å². The third-order valence-electron chi connectivity index (χ3n) is 3.20. The standard InChI is InChI=1S/C16H11ClN2O3S/c17-9-1-4-11(5-2-9)23-8-14(20)18-10-3-6-12-13(7-10)16(22)19-15(12)21/h1-7H,8H2,(H,18,20)(H,19,21,22). The zero-order valence-electron chi connectivity index (χ0n) is 11.8. The summed E-state index contributed by atoms with van der Waals surface area (Å²) in [4.78, 5) is 36.0. The minimum Gasteiger partial charge on any atom is -0.325 e. The van der Waals surface area contributed by atoms with Gasteiger partial charge in [0, 0.05) is 15.6 Å². The minimum absolute atomic E-state index is 0.199. The summed E-state index contributed by atoms with van der Waals surface area (Å²) in [7, 11) is 0. The number of rotatable bonds is 4.